The highest BCUT2D eigenvalue weighted by atomic mass is 35.5. The number of carbonyl (C=O) groups excluding carboxylic acids is 1. The largest absolute Gasteiger partial charge is 0.353 e. The molecular formula is C16H25ClN2O. The summed E-state index contributed by atoms with van der Waals surface area (Å²) in [5.74, 6) is 0.696. The van der Waals surface area contributed by atoms with E-state index >= 15 is 0 Å². The van der Waals surface area contributed by atoms with Crippen LogP contribution in [-0.4, -0.2) is 25.0 Å². The van der Waals surface area contributed by atoms with E-state index in [1.165, 1.54) is 18.4 Å². The van der Waals surface area contributed by atoms with Gasteiger partial charge in [-0.3, -0.25) is 4.79 Å². The second-order valence-corrected chi connectivity index (χ2v) is 5.57. The van der Waals surface area contributed by atoms with Gasteiger partial charge in [0.05, 0.1) is 6.42 Å². The summed E-state index contributed by atoms with van der Waals surface area (Å²) in [6.07, 6.45) is 2.90. The standard InChI is InChI=1S/C16H24N2O.ClH/c1-12-6-3-4-7-14(12)10-16(19)18-13(2)15-8-5-9-17-11-15;/h3-4,6-7,13,15,17H,5,8-11H2,1-2H3,(H,18,19);1H. The van der Waals surface area contributed by atoms with Gasteiger partial charge in [0.25, 0.3) is 0 Å². The first-order valence-corrected chi connectivity index (χ1v) is 7.21. The Morgan fingerprint density at radius 2 is 2.20 bits per heavy atom. The predicted octanol–water partition coefficient (Wildman–Crippen LogP) is 2.46. The van der Waals surface area contributed by atoms with Gasteiger partial charge >= 0.3 is 0 Å². The third-order valence-electron chi connectivity index (χ3n) is 4.04. The van der Waals surface area contributed by atoms with Gasteiger partial charge in [-0.05, 0) is 56.8 Å². The van der Waals surface area contributed by atoms with Crippen molar-refractivity contribution in [1.82, 2.24) is 10.6 Å². The van der Waals surface area contributed by atoms with E-state index in [1.807, 2.05) is 18.2 Å². The Balaban J connectivity index is 0.00000200. The quantitative estimate of drug-likeness (QED) is 0.896. The number of hydrogen-bond donors (Lipinski definition) is 2. The average molecular weight is 297 g/mol. The molecule has 0 aliphatic carbocycles. The summed E-state index contributed by atoms with van der Waals surface area (Å²) < 4.78 is 0. The van der Waals surface area contributed by atoms with Crippen LogP contribution in [-0.2, 0) is 11.2 Å². The molecule has 1 fully saturated rings. The fraction of sp³-hybridized carbons (Fsp3) is 0.562. The Morgan fingerprint density at radius 1 is 1.45 bits per heavy atom. The Kier molecular flexibility index (Phi) is 7.03. The smallest absolute Gasteiger partial charge is 0.224 e. The summed E-state index contributed by atoms with van der Waals surface area (Å²) in [5, 5.41) is 6.54. The number of halogens is 1. The van der Waals surface area contributed by atoms with E-state index in [1.54, 1.807) is 0 Å². The summed E-state index contributed by atoms with van der Waals surface area (Å²) in [6.45, 7) is 6.30. The molecule has 2 N–H and O–H groups in total. The van der Waals surface area contributed by atoms with Crippen LogP contribution >= 0.6 is 12.4 Å². The van der Waals surface area contributed by atoms with Crippen LogP contribution in [0.1, 0.15) is 30.9 Å². The molecule has 2 atom stereocenters. The van der Waals surface area contributed by atoms with E-state index in [4.69, 9.17) is 0 Å². The molecule has 3 nitrogen and oxygen atoms in total. The number of amides is 1. The molecule has 0 bridgehead atoms. The minimum atomic E-state index is 0. The van der Waals surface area contributed by atoms with E-state index in [0.717, 1.165) is 18.7 Å². The topological polar surface area (TPSA) is 41.1 Å². The highest BCUT2D eigenvalue weighted by Gasteiger charge is 2.21. The van der Waals surface area contributed by atoms with Gasteiger partial charge in [0.2, 0.25) is 5.91 Å². The van der Waals surface area contributed by atoms with Gasteiger partial charge in [0.15, 0.2) is 0 Å². The maximum atomic E-state index is 12.1. The van der Waals surface area contributed by atoms with Crippen molar-refractivity contribution in [2.45, 2.75) is 39.2 Å². The summed E-state index contributed by atoms with van der Waals surface area (Å²) in [6, 6.07) is 8.33. The van der Waals surface area contributed by atoms with Crippen LogP contribution in [0.5, 0.6) is 0 Å². The molecular weight excluding hydrogens is 272 g/mol. The zero-order chi connectivity index (χ0) is 13.7. The minimum absolute atomic E-state index is 0. The number of hydrogen-bond acceptors (Lipinski definition) is 2. The number of benzene rings is 1. The van der Waals surface area contributed by atoms with Crippen LogP contribution in [0.3, 0.4) is 0 Å². The van der Waals surface area contributed by atoms with E-state index < -0.39 is 0 Å². The first kappa shape index (κ1) is 17.0. The van der Waals surface area contributed by atoms with Crippen molar-refractivity contribution < 1.29 is 4.79 Å². The number of nitrogens with one attached hydrogen (secondary N) is 2. The predicted molar refractivity (Wildman–Crippen MR) is 85.3 cm³/mol. The molecule has 0 spiro atoms. The number of rotatable bonds is 4. The third kappa shape index (κ3) is 4.80. The van der Waals surface area contributed by atoms with E-state index in [9.17, 15) is 4.79 Å². The molecule has 0 saturated carbocycles. The Bertz CT molecular complexity index is 430. The molecule has 1 aromatic rings. The van der Waals surface area contributed by atoms with Gasteiger partial charge in [-0.2, -0.15) is 0 Å². The molecule has 1 aliphatic heterocycles. The van der Waals surface area contributed by atoms with Crippen LogP contribution in [0.4, 0.5) is 0 Å². The van der Waals surface area contributed by atoms with E-state index in [-0.39, 0.29) is 24.4 Å². The van der Waals surface area contributed by atoms with Gasteiger partial charge in [-0.1, -0.05) is 24.3 Å². The van der Waals surface area contributed by atoms with Crippen molar-refractivity contribution in [3.63, 3.8) is 0 Å². The lowest BCUT2D eigenvalue weighted by Gasteiger charge is -2.29. The van der Waals surface area contributed by atoms with Crippen molar-refractivity contribution in [3.8, 4) is 0 Å². The lowest BCUT2D eigenvalue weighted by molar-refractivity contribution is -0.121. The van der Waals surface area contributed by atoms with Crippen LogP contribution < -0.4 is 10.6 Å². The molecule has 112 valence electrons. The average Bonchev–Trinajstić information content (AvgIpc) is 2.42. The van der Waals surface area contributed by atoms with Gasteiger partial charge in [-0.25, -0.2) is 0 Å². The SMILES string of the molecule is Cc1ccccc1CC(=O)NC(C)C1CCCNC1.Cl. The molecule has 1 amide bonds. The number of aryl methyl sites for hydroxylation is 1. The van der Waals surface area contributed by atoms with Gasteiger partial charge in [0.1, 0.15) is 0 Å². The first-order valence-electron chi connectivity index (χ1n) is 7.21. The highest BCUT2D eigenvalue weighted by molar-refractivity contribution is 5.85. The van der Waals surface area contributed by atoms with Crippen LogP contribution in [0.25, 0.3) is 0 Å². The molecule has 1 heterocycles. The van der Waals surface area contributed by atoms with Gasteiger partial charge in [0, 0.05) is 6.04 Å². The lowest BCUT2D eigenvalue weighted by Crippen LogP contribution is -2.45. The maximum Gasteiger partial charge on any atom is 0.224 e. The second kappa shape index (κ2) is 8.28. The molecule has 0 aromatic heterocycles. The van der Waals surface area contributed by atoms with Crippen molar-refractivity contribution in [2.24, 2.45) is 5.92 Å². The molecule has 20 heavy (non-hydrogen) atoms. The molecule has 2 unspecified atom stereocenters. The van der Waals surface area contributed by atoms with Crippen LogP contribution in [0.2, 0.25) is 0 Å². The summed E-state index contributed by atoms with van der Waals surface area (Å²) in [7, 11) is 0. The van der Waals surface area contributed by atoms with Crippen molar-refractivity contribution >= 4 is 18.3 Å². The third-order valence-corrected chi connectivity index (χ3v) is 4.04. The zero-order valence-electron chi connectivity index (χ0n) is 12.3. The Hall–Kier alpha value is -1.06. The van der Waals surface area contributed by atoms with E-state index in [0.29, 0.717) is 12.3 Å². The highest BCUT2D eigenvalue weighted by Crippen LogP contribution is 2.14. The van der Waals surface area contributed by atoms with Gasteiger partial charge in [-0.15, -0.1) is 12.4 Å². The van der Waals surface area contributed by atoms with Gasteiger partial charge < -0.3 is 10.6 Å². The van der Waals surface area contributed by atoms with E-state index in [2.05, 4.69) is 30.5 Å². The van der Waals surface area contributed by atoms with Crippen LogP contribution in [0, 0.1) is 12.8 Å². The molecule has 1 aliphatic rings. The Labute approximate surface area is 127 Å². The zero-order valence-corrected chi connectivity index (χ0v) is 13.1. The molecule has 1 aromatic carbocycles. The normalized spacial score (nSPS) is 19.8. The minimum Gasteiger partial charge on any atom is -0.353 e. The molecule has 2 rings (SSSR count). The number of piperidine rings is 1. The van der Waals surface area contributed by atoms with Crippen molar-refractivity contribution in [1.29, 1.82) is 0 Å². The lowest BCUT2D eigenvalue weighted by atomic mass is 9.92. The summed E-state index contributed by atoms with van der Waals surface area (Å²) in [4.78, 5) is 12.1. The summed E-state index contributed by atoms with van der Waals surface area (Å²) >= 11 is 0. The van der Waals surface area contributed by atoms with Crippen molar-refractivity contribution in [3.05, 3.63) is 35.4 Å². The monoisotopic (exact) mass is 296 g/mol. The Morgan fingerprint density at radius 3 is 2.85 bits per heavy atom. The molecule has 4 heteroatoms. The summed E-state index contributed by atoms with van der Waals surface area (Å²) in [5.41, 5.74) is 2.30. The van der Waals surface area contributed by atoms with Crippen molar-refractivity contribution in [2.75, 3.05) is 13.1 Å². The first-order chi connectivity index (χ1) is 9.16. The molecule has 0 radical (unpaired) electrons. The molecule has 1 saturated heterocycles. The number of carbonyl (C=O) groups is 1. The fourth-order valence-electron chi connectivity index (χ4n) is 2.71. The van der Waals surface area contributed by atoms with Crippen LogP contribution in [0.15, 0.2) is 24.3 Å². The fourth-order valence-corrected chi connectivity index (χ4v) is 2.71. The second-order valence-electron chi connectivity index (χ2n) is 5.57. The maximum absolute atomic E-state index is 12.1.